The van der Waals surface area contributed by atoms with Crippen LogP contribution in [0.2, 0.25) is 0 Å². The lowest BCUT2D eigenvalue weighted by Crippen LogP contribution is -2.51. The van der Waals surface area contributed by atoms with E-state index in [0.717, 1.165) is 5.69 Å². The molecule has 1 atom stereocenters. The summed E-state index contributed by atoms with van der Waals surface area (Å²) in [6.45, 7) is 5.12. The maximum Gasteiger partial charge on any atom is 0.273 e. The van der Waals surface area contributed by atoms with Gasteiger partial charge in [0.25, 0.3) is 5.91 Å². The van der Waals surface area contributed by atoms with Gasteiger partial charge in [-0.3, -0.25) is 4.79 Å². The topological polar surface area (TPSA) is 80.0 Å². The van der Waals surface area contributed by atoms with Gasteiger partial charge in [0.05, 0.1) is 23.5 Å². The first-order valence-electron chi connectivity index (χ1n) is 6.38. The lowest BCUT2D eigenvalue weighted by molar-refractivity contribution is 0.0705. The van der Waals surface area contributed by atoms with Gasteiger partial charge in [-0.1, -0.05) is 23.4 Å². The zero-order chi connectivity index (χ0) is 14.8. The molecule has 1 unspecified atom stereocenters. The number of amides is 1. The van der Waals surface area contributed by atoms with Crippen LogP contribution in [0.1, 0.15) is 31.3 Å². The van der Waals surface area contributed by atoms with Crippen LogP contribution in [0.3, 0.4) is 0 Å². The molecule has 20 heavy (non-hydrogen) atoms. The van der Waals surface area contributed by atoms with E-state index in [1.54, 1.807) is 27.0 Å². The fraction of sp³-hybridized carbons (Fsp3) is 0.357. The molecule has 2 rings (SSSR count). The van der Waals surface area contributed by atoms with Crippen LogP contribution in [0.5, 0.6) is 0 Å². The van der Waals surface area contributed by atoms with Gasteiger partial charge in [-0.25, -0.2) is 4.68 Å². The average molecular weight is 274 g/mol. The van der Waals surface area contributed by atoms with Gasteiger partial charge in [0.2, 0.25) is 0 Å². The summed E-state index contributed by atoms with van der Waals surface area (Å²) in [5.41, 5.74) is 0.310. The highest BCUT2D eigenvalue weighted by Crippen LogP contribution is 2.10. The number of aromatic nitrogens is 3. The van der Waals surface area contributed by atoms with Gasteiger partial charge in [-0.05, 0) is 32.9 Å². The number of benzene rings is 1. The summed E-state index contributed by atoms with van der Waals surface area (Å²) in [4.78, 5) is 12.1. The number of carbonyl (C=O) groups excluding carboxylic acids is 1. The van der Waals surface area contributed by atoms with Crippen molar-refractivity contribution in [1.29, 1.82) is 0 Å². The Morgan fingerprint density at radius 2 is 2.00 bits per heavy atom. The predicted octanol–water partition coefficient (Wildman–Crippen LogP) is 1.16. The summed E-state index contributed by atoms with van der Waals surface area (Å²) in [7, 11) is 0. The fourth-order valence-corrected chi connectivity index (χ4v) is 1.54. The third-order valence-corrected chi connectivity index (χ3v) is 3.23. The third kappa shape index (κ3) is 3.03. The molecule has 0 saturated carbocycles. The highest BCUT2D eigenvalue weighted by Gasteiger charge is 2.27. The van der Waals surface area contributed by atoms with E-state index in [4.69, 9.17) is 0 Å². The zero-order valence-electron chi connectivity index (χ0n) is 11.7. The summed E-state index contributed by atoms with van der Waals surface area (Å²) in [6, 6.07) is 9.41. The van der Waals surface area contributed by atoms with Crippen LogP contribution < -0.4 is 5.32 Å². The van der Waals surface area contributed by atoms with Crippen LogP contribution >= 0.6 is 0 Å². The van der Waals surface area contributed by atoms with E-state index < -0.39 is 11.6 Å². The number of aliphatic hydroxyl groups is 1. The smallest absolute Gasteiger partial charge is 0.273 e. The minimum absolute atomic E-state index is 0.211. The molecule has 0 fully saturated rings. The number of rotatable bonds is 4. The highest BCUT2D eigenvalue weighted by molar-refractivity contribution is 5.92. The first-order valence-corrected chi connectivity index (χ1v) is 6.38. The number of nitrogens with one attached hydrogen (secondary N) is 1. The zero-order valence-corrected chi connectivity index (χ0v) is 11.7. The van der Waals surface area contributed by atoms with Gasteiger partial charge in [-0.15, -0.1) is 5.10 Å². The highest BCUT2D eigenvalue weighted by atomic mass is 16.3. The quantitative estimate of drug-likeness (QED) is 0.876. The van der Waals surface area contributed by atoms with Gasteiger partial charge in [0.1, 0.15) is 0 Å². The molecule has 0 radical (unpaired) electrons. The maximum atomic E-state index is 12.1. The molecule has 1 aromatic heterocycles. The molecule has 6 nitrogen and oxygen atoms in total. The van der Waals surface area contributed by atoms with Crippen molar-refractivity contribution in [1.82, 2.24) is 20.3 Å². The van der Waals surface area contributed by atoms with E-state index in [0.29, 0.717) is 0 Å². The number of hydrogen-bond donors (Lipinski definition) is 2. The first-order chi connectivity index (χ1) is 9.40. The SMILES string of the molecule is CC(O)C(C)(C)NC(=O)c1cn(-c2ccccc2)nn1. The summed E-state index contributed by atoms with van der Waals surface area (Å²) in [5, 5.41) is 20.1. The normalized spacial score (nSPS) is 13.0. The van der Waals surface area contributed by atoms with Crippen LogP contribution in [-0.2, 0) is 0 Å². The van der Waals surface area contributed by atoms with E-state index in [-0.39, 0.29) is 11.6 Å². The van der Waals surface area contributed by atoms with Crippen LogP contribution in [0.4, 0.5) is 0 Å². The van der Waals surface area contributed by atoms with Crippen LogP contribution in [0.15, 0.2) is 36.5 Å². The monoisotopic (exact) mass is 274 g/mol. The number of nitrogens with zero attached hydrogens (tertiary/aromatic N) is 3. The van der Waals surface area contributed by atoms with Crippen molar-refractivity contribution >= 4 is 5.91 Å². The maximum absolute atomic E-state index is 12.1. The second-order valence-electron chi connectivity index (χ2n) is 5.24. The Bertz CT molecular complexity index is 590. The summed E-state index contributed by atoms with van der Waals surface area (Å²) in [5.74, 6) is -0.363. The van der Waals surface area contributed by atoms with Gasteiger partial charge in [-0.2, -0.15) is 0 Å². The van der Waals surface area contributed by atoms with E-state index in [9.17, 15) is 9.90 Å². The van der Waals surface area contributed by atoms with Crippen molar-refractivity contribution in [2.45, 2.75) is 32.4 Å². The van der Waals surface area contributed by atoms with Crippen LogP contribution in [-0.4, -0.2) is 37.7 Å². The number of hydrogen-bond acceptors (Lipinski definition) is 4. The van der Waals surface area contributed by atoms with Gasteiger partial charge in [0.15, 0.2) is 5.69 Å². The standard InChI is InChI=1S/C14H18N4O2/c1-10(19)14(2,3)15-13(20)12-9-18(17-16-12)11-7-5-4-6-8-11/h4-10,19H,1-3H3,(H,15,20). The molecule has 1 heterocycles. The molecule has 0 aliphatic carbocycles. The molecule has 0 aliphatic rings. The molecule has 0 saturated heterocycles. The van der Waals surface area contributed by atoms with E-state index in [1.165, 1.54) is 4.68 Å². The molecule has 0 spiro atoms. The number of carbonyl (C=O) groups is 1. The van der Waals surface area contributed by atoms with Crippen molar-refractivity contribution in [3.63, 3.8) is 0 Å². The average Bonchev–Trinajstić information content (AvgIpc) is 2.88. The summed E-state index contributed by atoms with van der Waals surface area (Å²) in [6.07, 6.45) is 0.888. The Kier molecular flexibility index (Phi) is 3.85. The van der Waals surface area contributed by atoms with Gasteiger partial charge < -0.3 is 10.4 Å². The largest absolute Gasteiger partial charge is 0.391 e. The molecule has 6 heteroatoms. The minimum Gasteiger partial charge on any atom is -0.391 e. The van der Waals surface area contributed by atoms with E-state index >= 15 is 0 Å². The van der Waals surface area contributed by atoms with Crippen LogP contribution in [0.25, 0.3) is 5.69 Å². The second-order valence-corrected chi connectivity index (χ2v) is 5.24. The fourth-order valence-electron chi connectivity index (χ4n) is 1.54. The first kappa shape index (κ1) is 14.2. The number of para-hydroxylation sites is 1. The molecule has 106 valence electrons. The minimum atomic E-state index is -0.729. The number of aliphatic hydroxyl groups excluding tert-OH is 1. The predicted molar refractivity (Wildman–Crippen MR) is 74.6 cm³/mol. The van der Waals surface area contributed by atoms with Gasteiger partial charge in [0, 0.05) is 0 Å². The summed E-state index contributed by atoms with van der Waals surface area (Å²) < 4.78 is 1.53. The van der Waals surface area contributed by atoms with Crippen LogP contribution in [0, 0.1) is 0 Å². The molecule has 0 aliphatic heterocycles. The van der Waals surface area contributed by atoms with Crippen molar-refractivity contribution in [2.75, 3.05) is 0 Å². The Balaban J connectivity index is 2.15. The molecular weight excluding hydrogens is 256 g/mol. The molecule has 1 amide bonds. The van der Waals surface area contributed by atoms with Crippen molar-refractivity contribution in [3.8, 4) is 5.69 Å². The van der Waals surface area contributed by atoms with Crippen molar-refractivity contribution in [2.24, 2.45) is 0 Å². The molecule has 2 aromatic rings. The Morgan fingerprint density at radius 3 is 2.60 bits per heavy atom. The lowest BCUT2D eigenvalue weighted by atomic mass is 9.99. The van der Waals surface area contributed by atoms with Crippen molar-refractivity contribution in [3.05, 3.63) is 42.2 Å². The molecule has 0 bridgehead atoms. The Morgan fingerprint density at radius 1 is 1.35 bits per heavy atom. The van der Waals surface area contributed by atoms with Crippen molar-refractivity contribution < 1.29 is 9.90 Å². The van der Waals surface area contributed by atoms with E-state index in [1.807, 2.05) is 30.3 Å². The Hall–Kier alpha value is -2.21. The summed E-state index contributed by atoms with van der Waals surface area (Å²) >= 11 is 0. The Labute approximate surface area is 117 Å². The third-order valence-electron chi connectivity index (χ3n) is 3.23. The molecule has 2 N–H and O–H groups in total. The molecule has 1 aromatic carbocycles. The lowest BCUT2D eigenvalue weighted by Gasteiger charge is -2.28. The van der Waals surface area contributed by atoms with Gasteiger partial charge >= 0.3 is 0 Å². The molecular formula is C14H18N4O2. The second kappa shape index (κ2) is 5.42. The van der Waals surface area contributed by atoms with E-state index in [2.05, 4.69) is 15.6 Å².